The van der Waals surface area contributed by atoms with Gasteiger partial charge in [-0.1, -0.05) is 29.3 Å². The molecule has 0 spiro atoms. The monoisotopic (exact) mass is 433 g/mol. The number of pyridine rings is 1. The van der Waals surface area contributed by atoms with Crippen LogP contribution in [0.15, 0.2) is 36.5 Å². The number of halogens is 5. The molecule has 1 amide bonds. The van der Waals surface area contributed by atoms with Crippen molar-refractivity contribution >= 4 is 35.1 Å². The molecule has 0 aliphatic carbocycles. The zero-order chi connectivity index (χ0) is 20.5. The van der Waals surface area contributed by atoms with E-state index in [4.69, 9.17) is 23.2 Å². The van der Waals surface area contributed by atoms with E-state index in [-0.39, 0.29) is 24.2 Å². The van der Waals surface area contributed by atoms with E-state index in [1.54, 1.807) is 12.1 Å². The first-order valence-corrected chi connectivity index (χ1v) is 9.12. The van der Waals surface area contributed by atoms with Crippen LogP contribution in [0.2, 0.25) is 10.0 Å². The first kappa shape index (κ1) is 20.7. The second-order valence-electron chi connectivity index (χ2n) is 6.49. The number of benzene rings is 1. The normalized spacial score (nSPS) is 19.6. The quantitative estimate of drug-likeness (QED) is 0.719. The molecule has 1 saturated heterocycles. The van der Waals surface area contributed by atoms with Crippen molar-refractivity contribution in [3.05, 3.63) is 57.7 Å². The van der Waals surface area contributed by atoms with Gasteiger partial charge in [-0.05, 0) is 35.7 Å². The molecular weight excluding hydrogens is 418 g/mol. The van der Waals surface area contributed by atoms with Crippen LogP contribution in [0.1, 0.15) is 17.0 Å². The number of nitrogens with zero attached hydrogens (tertiary/aromatic N) is 2. The van der Waals surface area contributed by atoms with Crippen LogP contribution in [0.25, 0.3) is 0 Å². The standard InChI is InChI=1S/C18H16Cl2F3N3O2/c19-14-3-1-10(5-15(14)20)13-8-24-6-11(13)9-26(17(27)28)16-4-2-12(7-25-16)18(21,22)23/h1-5,7,11,13,24H,6,8-9H2,(H,27,28). The number of nitrogens with one attached hydrogen (secondary N) is 1. The van der Waals surface area contributed by atoms with Crippen LogP contribution < -0.4 is 10.2 Å². The smallest absolute Gasteiger partial charge is 0.417 e. The number of anilines is 1. The van der Waals surface area contributed by atoms with Crippen molar-refractivity contribution in [1.29, 1.82) is 0 Å². The number of hydrogen-bond acceptors (Lipinski definition) is 3. The Morgan fingerprint density at radius 1 is 1.21 bits per heavy atom. The highest BCUT2D eigenvalue weighted by molar-refractivity contribution is 6.42. The van der Waals surface area contributed by atoms with Gasteiger partial charge in [-0.3, -0.25) is 4.90 Å². The van der Waals surface area contributed by atoms with Crippen LogP contribution in [-0.4, -0.2) is 35.8 Å². The molecule has 2 aromatic rings. The molecule has 0 radical (unpaired) electrons. The second kappa shape index (κ2) is 8.14. The minimum absolute atomic E-state index is 0.0222. The summed E-state index contributed by atoms with van der Waals surface area (Å²) in [6, 6.07) is 7.15. The maximum Gasteiger partial charge on any atom is 0.417 e. The van der Waals surface area contributed by atoms with E-state index in [1.165, 1.54) is 0 Å². The molecule has 5 nitrogen and oxygen atoms in total. The lowest BCUT2D eigenvalue weighted by molar-refractivity contribution is -0.137. The minimum Gasteiger partial charge on any atom is -0.465 e. The van der Waals surface area contributed by atoms with Gasteiger partial charge in [0.15, 0.2) is 0 Å². The third-order valence-electron chi connectivity index (χ3n) is 4.71. The molecule has 2 heterocycles. The molecule has 28 heavy (non-hydrogen) atoms. The lowest BCUT2D eigenvalue weighted by Gasteiger charge is -2.26. The summed E-state index contributed by atoms with van der Waals surface area (Å²) >= 11 is 12.0. The third kappa shape index (κ3) is 4.51. The molecule has 1 aliphatic heterocycles. The van der Waals surface area contributed by atoms with Crippen LogP contribution in [0.4, 0.5) is 23.8 Å². The zero-order valence-corrected chi connectivity index (χ0v) is 15.9. The molecule has 1 fully saturated rings. The Balaban J connectivity index is 1.81. The Morgan fingerprint density at radius 3 is 2.54 bits per heavy atom. The molecule has 0 saturated carbocycles. The van der Waals surface area contributed by atoms with Gasteiger partial charge in [-0.2, -0.15) is 13.2 Å². The lowest BCUT2D eigenvalue weighted by Crippen LogP contribution is -2.37. The number of hydrogen-bond donors (Lipinski definition) is 2. The summed E-state index contributed by atoms with van der Waals surface area (Å²) in [5.74, 6) is -0.191. The van der Waals surface area contributed by atoms with Gasteiger partial charge in [-0.15, -0.1) is 0 Å². The molecule has 1 aromatic carbocycles. The largest absolute Gasteiger partial charge is 0.465 e. The molecule has 2 N–H and O–H groups in total. The van der Waals surface area contributed by atoms with Gasteiger partial charge < -0.3 is 10.4 Å². The Kier molecular flexibility index (Phi) is 6.02. The Bertz CT molecular complexity index is 862. The molecule has 10 heteroatoms. The zero-order valence-electron chi connectivity index (χ0n) is 14.4. The van der Waals surface area contributed by atoms with Crippen molar-refractivity contribution in [1.82, 2.24) is 10.3 Å². The van der Waals surface area contributed by atoms with E-state index in [2.05, 4.69) is 10.3 Å². The molecule has 1 aliphatic rings. The lowest BCUT2D eigenvalue weighted by atomic mass is 9.88. The van der Waals surface area contributed by atoms with Crippen molar-refractivity contribution in [2.45, 2.75) is 12.1 Å². The number of amides is 1. The van der Waals surface area contributed by atoms with E-state index < -0.39 is 17.8 Å². The molecule has 2 unspecified atom stereocenters. The fourth-order valence-electron chi connectivity index (χ4n) is 3.28. The SMILES string of the molecule is O=C(O)N(CC1CNCC1c1ccc(Cl)c(Cl)c1)c1ccc(C(F)(F)F)cn1. The van der Waals surface area contributed by atoms with Crippen molar-refractivity contribution < 1.29 is 23.1 Å². The maximum absolute atomic E-state index is 12.7. The molecule has 3 rings (SSSR count). The topological polar surface area (TPSA) is 65.5 Å². The molecular formula is C18H16Cl2F3N3O2. The first-order chi connectivity index (χ1) is 13.2. The van der Waals surface area contributed by atoms with Crippen molar-refractivity contribution in [3.8, 4) is 0 Å². The van der Waals surface area contributed by atoms with E-state index in [1.807, 2.05) is 6.07 Å². The summed E-state index contributed by atoms with van der Waals surface area (Å²) in [6.45, 7) is 1.25. The van der Waals surface area contributed by atoms with Gasteiger partial charge in [0.2, 0.25) is 0 Å². The highest BCUT2D eigenvalue weighted by atomic mass is 35.5. The summed E-state index contributed by atoms with van der Waals surface area (Å²) in [5.41, 5.74) is -0.0204. The fraction of sp³-hybridized carbons (Fsp3) is 0.333. The molecule has 150 valence electrons. The number of aromatic nitrogens is 1. The van der Waals surface area contributed by atoms with Crippen LogP contribution in [0.5, 0.6) is 0 Å². The van der Waals surface area contributed by atoms with Gasteiger partial charge in [-0.25, -0.2) is 9.78 Å². The fourth-order valence-corrected chi connectivity index (χ4v) is 3.58. The van der Waals surface area contributed by atoms with Gasteiger partial charge >= 0.3 is 12.3 Å². The van der Waals surface area contributed by atoms with Crippen LogP contribution >= 0.6 is 23.2 Å². The summed E-state index contributed by atoms with van der Waals surface area (Å²) in [5, 5.41) is 13.6. The number of carboxylic acid groups (broad SMARTS) is 1. The van der Waals surface area contributed by atoms with Crippen molar-refractivity contribution in [3.63, 3.8) is 0 Å². The van der Waals surface area contributed by atoms with Crippen molar-refractivity contribution in [2.75, 3.05) is 24.5 Å². The average Bonchev–Trinajstić information content (AvgIpc) is 3.09. The highest BCUT2D eigenvalue weighted by Crippen LogP contribution is 2.34. The average molecular weight is 434 g/mol. The van der Waals surface area contributed by atoms with Gasteiger partial charge in [0, 0.05) is 31.7 Å². The summed E-state index contributed by atoms with van der Waals surface area (Å²) in [7, 11) is 0. The van der Waals surface area contributed by atoms with Crippen LogP contribution in [0.3, 0.4) is 0 Å². The summed E-state index contributed by atoms with van der Waals surface area (Å²) < 4.78 is 38.1. The summed E-state index contributed by atoms with van der Waals surface area (Å²) in [4.78, 5) is 16.4. The maximum atomic E-state index is 12.7. The van der Waals surface area contributed by atoms with E-state index in [0.717, 1.165) is 22.6 Å². The van der Waals surface area contributed by atoms with E-state index in [9.17, 15) is 23.1 Å². The number of carbonyl (C=O) groups is 1. The predicted molar refractivity (Wildman–Crippen MR) is 100 cm³/mol. The Labute approximate surface area is 169 Å². The predicted octanol–water partition coefficient (Wildman–Crippen LogP) is 4.89. The third-order valence-corrected chi connectivity index (χ3v) is 5.45. The second-order valence-corrected chi connectivity index (χ2v) is 7.31. The van der Waals surface area contributed by atoms with Gasteiger partial charge in [0.05, 0.1) is 15.6 Å². The number of alkyl halides is 3. The molecule has 2 atom stereocenters. The molecule has 1 aromatic heterocycles. The van der Waals surface area contributed by atoms with Crippen molar-refractivity contribution in [2.24, 2.45) is 5.92 Å². The van der Waals surface area contributed by atoms with Crippen LogP contribution in [-0.2, 0) is 6.18 Å². The molecule has 0 bridgehead atoms. The Hall–Kier alpha value is -2.03. The number of rotatable bonds is 4. The summed E-state index contributed by atoms with van der Waals surface area (Å²) in [6.07, 6.45) is -5.19. The first-order valence-electron chi connectivity index (χ1n) is 8.36. The Morgan fingerprint density at radius 2 is 1.96 bits per heavy atom. The van der Waals surface area contributed by atoms with E-state index >= 15 is 0 Å². The van der Waals surface area contributed by atoms with Crippen LogP contribution in [0, 0.1) is 5.92 Å². The minimum atomic E-state index is -4.53. The highest BCUT2D eigenvalue weighted by Gasteiger charge is 2.34. The van der Waals surface area contributed by atoms with E-state index in [0.29, 0.717) is 29.3 Å². The van der Waals surface area contributed by atoms with Gasteiger partial charge in [0.25, 0.3) is 0 Å². The van der Waals surface area contributed by atoms with Gasteiger partial charge in [0.1, 0.15) is 5.82 Å².